The molecule has 2 aromatic heterocycles. The maximum Gasteiger partial charge on any atom is 0.251 e. The molecule has 1 N–H and O–H groups in total. The van der Waals surface area contributed by atoms with Gasteiger partial charge in [0.2, 0.25) is 0 Å². The van der Waals surface area contributed by atoms with Crippen LogP contribution in [0.25, 0.3) is 10.8 Å². The Labute approximate surface area is 101 Å². The second-order valence-electron chi connectivity index (χ2n) is 3.30. The minimum atomic E-state index is -0.153. The number of H-pyrrole nitrogens is 1. The van der Waals surface area contributed by atoms with Crippen molar-refractivity contribution in [3.63, 3.8) is 0 Å². The van der Waals surface area contributed by atoms with E-state index in [1.54, 1.807) is 6.20 Å². The van der Waals surface area contributed by atoms with Crippen LogP contribution in [0.1, 0.15) is 19.0 Å². The van der Waals surface area contributed by atoms with Crippen molar-refractivity contribution in [3.8, 4) is 10.8 Å². The molecule has 0 bridgehead atoms. The van der Waals surface area contributed by atoms with Gasteiger partial charge in [0.15, 0.2) is 10.8 Å². The Morgan fingerprint density at radius 2 is 2.38 bits per heavy atom. The summed E-state index contributed by atoms with van der Waals surface area (Å²) in [7, 11) is 0. The molecule has 0 aliphatic carbocycles. The molecule has 0 atom stereocenters. The molecular weight excluding hydrogens is 246 g/mol. The summed E-state index contributed by atoms with van der Waals surface area (Å²) >= 11 is 7.09. The predicted molar refractivity (Wildman–Crippen MR) is 65.0 cm³/mol. The van der Waals surface area contributed by atoms with E-state index in [1.807, 2.05) is 6.92 Å². The fraction of sp³-hybridized carbons (Fsp3) is 0.300. The van der Waals surface area contributed by atoms with Crippen molar-refractivity contribution in [1.82, 2.24) is 15.0 Å². The Kier molecular flexibility index (Phi) is 3.36. The number of nitrogens with one attached hydrogen (secondary N) is 1. The summed E-state index contributed by atoms with van der Waals surface area (Å²) in [5.74, 6) is 0.493. The van der Waals surface area contributed by atoms with Gasteiger partial charge in [-0.3, -0.25) is 4.79 Å². The van der Waals surface area contributed by atoms with E-state index in [0.717, 1.165) is 18.5 Å². The van der Waals surface area contributed by atoms with Crippen LogP contribution in [0.4, 0.5) is 0 Å². The van der Waals surface area contributed by atoms with Crippen LogP contribution < -0.4 is 5.56 Å². The van der Waals surface area contributed by atoms with Gasteiger partial charge in [-0.25, -0.2) is 9.97 Å². The molecule has 0 spiro atoms. The second-order valence-corrected chi connectivity index (χ2v) is 4.97. The minimum absolute atomic E-state index is 0.153. The zero-order valence-electron chi connectivity index (χ0n) is 8.66. The Balaban J connectivity index is 2.44. The van der Waals surface area contributed by atoms with Gasteiger partial charge in [-0.05, 0) is 6.42 Å². The molecule has 2 rings (SSSR count). The summed E-state index contributed by atoms with van der Waals surface area (Å²) in [6.45, 7) is 2.04. The molecule has 0 amide bonds. The van der Waals surface area contributed by atoms with Crippen molar-refractivity contribution in [1.29, 1.82) is 0 Å². The van der Waals surface area contributed by atoms with Gasteiger partial charge in [-0.1, -0.05) is 36.3 Å². The summed E-state index contributed by atoms with van der Waals surface area (Å²) in [5, 5.41) is 0.639. The predicted octanol–water partition coefficient (Wildman–Crippen LogP) is 2.50. The van der Waals surface area contributed by atoms with Gasteiger partial charge in [-0.15, -0.1) is 0 Å². The highest BCUT2D eigenvalue weighted by molar-refractivity contribution is 7.18. The van der Waals surface area contributed by atoms with E-state index in [9.17, 15) is 4.79 Å². The van der Waals surface area contributed by atoms with Crippen LogP contribution in [0.2, 0.25) is 4.34 Å². The number of aryl methyl sites for hydroxylation is 1. The third kappa shape index (κ3) is 2.48. The molecule has 0 aromatic carbocycles. The monoisotopic (exact) mass is 255 g/mol. The second kappa shape index (κ2) is 4.76. The van der Waals surface area contributed by atoms with Crippen molar-refractivity contribution >= 4 is 22.9 Å². The number of hydrogen-bond donors (Lipinski definition) is 1. The number of aromatic amines is 1. The SMILES string of the molecule is CCCc1cc(=O)[nH]c(-c2ncc(Cl)s2)n1. The Bertz CT molecular complexity index is 549. The lowest BCUT2D eigenvalue weighted by molar-refractivity contribution is 0.869. The Morgan fingerprint density at radius 1 is 1.56 bits per heavy atom. The molecule has 0 radical (unpaired) electrons. The minimum Gasteiger partial charge on any atom is -0.304 e. The lowest BCUT2D eigenvalue weighted by Crippen LogP contribution is -2.10. The molecular formula is C10H10ClN3OS. The van der Waals surface area contributed by atoms with E-state index < -0.39 is 0 Å². The Hall–Kier alpha value is -1.20. The molecule has 84 valence electrons. The topological polar surface area (TPSA) is 58.6 Å². The van der Waals surface area contributed by atoms with E-state index in [-0.39, 0.29) is 5.56 Å². The van der Waals surface area contributed by atoms with Crippen molar-refractivity contribution in [2.24, 2.45) is 0 Å². The van der Waals surface area contributed by atoms with Crippen molar-refractivity contribution in [2.45, 2.75) is 19.8 Å². The number of thiazole rings is 1. The first-order chi connectivity index (χ1) is 7.69. The third-order valence-electron chi connectivity index (χ3n) is 1.98. The van der Waals surface area contributed by atoms with E-state index in [2.05, 4.69) is 15.0 Å². The summed E-state index contributed by atoms with van der Waals surface area (Å²) in [5.41, 5.74) is 0.632. The van der Waals surface area contributed by atoms with Crippen LogP contribution in [0.5, 0.6) is 0 Å². The lowest BCUT2D eigenvalue weighted by atomic mass is 10.2. The quantitative estimate of drug-likeness (QED) is 0.917. The first-order valence-corrected chi connectivity index (χ1v) is 6.10. The molecule has 0 unspecified atom stereocenters. The van der Waals surface area contributed by atoms with Gasteiger partial charge in [-0.2, -0.15) is 0 Å². The van der Waals surface area contributed by atoms with E-state index in [0.29, 0.717) is 15.2 Å². The third-order valence-corrected chi connectivity index (χ3v) is 3.10. The average Bonchev–Trinajstić information content (AvgIpc) is 2.64. The normalized spacial score (nSPS) is 10.6. The smallest absolute Gasteiger partial charge is 0.251 e. The first kappa shape index (κ1) is 11.3. The average molecular weight is 256 g/mol. The molecule has 2 heterocycles. The molecule has 0 saturated heterocycles. The van der Waals surface area contributed by atoms with Gasteiger partial charge >= 0.3 is 0 Å². The molecule has 2 aromatic rings. The number of halogens is 1. The number of rotatable bonds is 3. The molecule has 0 saturated carbocycles. The van der Waals surface area contributed by atoms with Gasteiger partial charge in [0.05, 0.1) is 6.20 Å². The van der Waals surface area contributed by atoms with Crippen LogP contribution in [-0.2, 0) is 6.42 Å². The fourth-order valence-corrected chi connectivity index (χ4v) is 2.21. The summed E-state index contributed by atoms with van der Waals surface area (Å²) in [6, 6.07) is 1.52. The summed E-state index contributed by atoms with van der Waals surface area (Å²) in [6.07, 6.45) is 3.29. The molecule has 0 aliphatic heterocycles. The fourth-order valence-electron chi connectivity index (χ4n) is 1.36. The standard InChI is InChI=1S/C10H10ClN3OS/c1-2-3-6-4-8(15)14-9(13-6)10-12-5-7(11)16-10/h4-5H,2-3H2,1H3,(H,13,14,15). The van der Waals surface area contributed by atoms with Crippen LogP contribution in [0, 0.1) is 0 Å². The zero-order valence-corrected chi connectivity index (χ0v) is 10.2. The van der Waals surface area contributed by atoms with Crippen molar-refractivity contribution < 1.29 is 0 Å². The number of aromatic nitrogens is 3. The summed E-state index contributed by atoms with van der Waals surface area (Å²) in [4.78, 5) is 22.5. The highest BCUT2D eigenvalue weighted by Gasteiger charge is 2.07. The van der Waals surface area contributed by atoms with E-state index in [1.165, 1.54) is 17.4 Å². The highest BCUT2D eigenvalue weighted by atomic mass is 35.5. The summed E-state index contributed by atoms with van der Waals surface area (Å²) < 4.78 is 0.582. The van der Waals surface area contributed by atoms with Crippen LogP contribution in [-0.4, -0.2) is 15.0 Å². The van der Waals surface area contributed by atoms with Gasteiger partial charge < -0.3 is 4.98 Å². The van der Waals surface area contributed by atoms with Crippen molar-refractivity contribution in [3.05, 3.63) is 32.6 Å². The number of hydrogen-bond acceptors (Lipinski definition) is 4. The molecule has 6 heteroatoms. The van der Waals surface area contributed by atoms with Crippen molar-refractivity contribution in [2.75, 3.05) is 0 Å². The van der Waals surface area contributed by atoms with E-state index >= 15 is 0 Å². The molecule has 0 aliphatic rings. The maximum atomic E-state index is 11.4. The highest BCUT2D eigenvalue weighted by Crippen LogP contribution is 2.24. The maximum absolute atomic E-state index is 11.4. The largest absolute Gasteiger partial charge is 0.304 e. The zero-order chi connectivity index (χ0) is 11.5. The van der Waals surface area contributed by atoms with Gasteiger partial charge in [0.25, 0.3) is 5.56 Å². The van der Waals surface area contributed by atoms with Crippen LogP contribution in [0.15, 0.2) is 17.1 Å². The van der Waals surface area contributed by atoms with Gasteiger partial charge in [0, 0.05) is 11.8 Å². The lowest BCUT2D eigenvalue weighted by Gasteiger charge is -1.99. The van der Waals surface area contributed by atoms with E-state index in [4.69, 9.17) is 11.6 Å². The Morgan fingerprint density at radius 3 is 3.00 bits per heavy atom. The molecule has 16 heavy (non-hydrogen) atoms. The number of nitrogens with zero attached hydrogens (tertiary/aromatic N) is 2. The molecule has 0 fully saturated rings. The molecule has 4 nitrogen and oxygen atoms in total. The van der Waals surface area contributed by atoms with Crippen LogP contribution in [0.3, 0.4) is 0 Å². The first-order valence-electron chi connectivity index (χ1n) is 4.91. The van der Waals surface area contributed by atoms with Gasteiger partial charge in [0.1, 0.15) is 4.34 Å². The van der Waals surface area contributed by atoms with Crippen LogP contribution >= 0.6 is 22.9 Å².